The summed E-state index contributed by atoms with van der Waals surface area (Å²) in [6.07, 6.45) is 0. The van der Waals surface area contributed by atoms with Crippen LogP contribution in [-0.2, 0) is 0 Å². The molecule has 3 aromatic carbocycles. The lowest BCUT2D eigenvalue weighted by atomic mass is 10.0. The fraction of sp³-hybridized carbons (Fsp3) is 0.148. The Hall–Kier alpha value is -3.97. The summed E-state index contributed by atoms with van der Waals surface area (Å²) in [4.78, 5) is 23.2. The van der Waals surface area contributed by atoms with Gasteiger partial charge in [-0.25, -0.2) is 4.98 Å². The quantitative estimate of drug-likeness (QED) is 0.312. The zero-order chi connectivity index (χ0) is 23.8. The Labute approximate surface area is 201 Å². The fourth-order valence-electron chi connectivity index (χ4n) is 3.87. The Bertz CT molecular complexity index is 1560. The largest absolute Gasteiger partial charge is 0.497 e. The summed E-state index contributed by atoms with van der Waals surface area (Å²) in [5.41, 5.74) is 6.55. The lowest BCUT2D eigenvalue weighted by molar-refractivity contribution is 0.415. The minimum atomic E-state index is -0.185. The van der Waals surface area contributed by atoms with E-state index in [1.54, 1.807) is 7.11 Å². The van der Waals surface area contributed by atoms with E-state index in [0.29, 0.717) is 22.1 Å². The molecule has 2 heterocycles. The van der Waals surface area contributed by atoms with Crippen LogP contribution in [-0.4, -0.2) is 27.6 Å². The molecule has 5 rings (SSSR count). The molecule has 7 heteroatoms. The standard InChI is InChI=1S/C27H24N4O2S/c1-16-9-12-20(15-17(16)2)28-18(3)24-25(19-10-13-21(33-4)14-11-19)30-31(26(24)32)27-29-22-7-5-6-8-23(22)34-27/h5-15,30H,1-4H3. The maximum atomic E-state index is 13.7. The van der Waals surface area contributed by atoms with Crippen LogP contribution in [0.5, 0.6) is 5.75 Å². The summed E-state index contributed by atoms with van der Waals surface area (Å²) < 4.78 is 7.84. The Morgan fingerprint density at radius 3 is 2.50 bits per heavy atom. The summed E-state index contributed by atoms with van der Waals surface area (Å²) >= 11 is 1.47. The van der Waals surface area contributed by atoms with E-state index in [0.717, 1.165) is 32.8 Å². The second-order valence-electron chi connectivity index (χ2n) is 8.16. The van der Waals surface area contributed by atoms with Crippen molar-refractivity contribution in [1.82, 2.24) is 14.8 Å². The van der Waals surface area contributed by atoms with E-state index in [9.17, 15) is 4.79 Å². The number of benzene rings is 3. The Balaban J connectivity index is 1.70. The predicted octanol–water partition coefficient (Wildman–Crippen LogP) is 6.21. The molecule has 5 aromatic rings. The number of aryl methyl sites for hydroxylation is 2. The smallest absolute Gasteiger partial charge is 0.283 e. The van der Waals surface area contributed by atoms with Gasteiger partial charge in [0.1, 0.15) is 5.75 Å². The average Bonchev–Trinajstić information content (AvgIpc) is 3.42. The first-order chi connectivity index (χ1) is 16.4. The molecule has 0 spiro atoms. The molecule has 0 atom stereocenters. The van der Waals surface area contributed by atoms with E-state index in [2.05, 4.69) is 23.9 Å². The molecule has 0 aliphatic carbocycles. The number of aromatic nitrogens is 3. The Morgan fingerprint density at radius 1 is 1.03 bits per heavy atom. The van der Waals surface area contributed by atoms with Crippen LogP contribution < -0.4 is 10.3 Å². The van der Waals surface area contributed by atoms with Crippen LogP contribution in [0.3, 0.4) is 0 Å². The molecule has 34 heavy (non-hydrogen) atoms. The zero-order valence-electron chi connectivity index (χ0n) is 19.4. The number of para-hydroxylation sites is 1. The summed E-state index contributed by atoms with van der Waals surface area (Å²) in [6, 6.07) is 21.5. The van der Waals surface area contributed by atoms with Gasteiger partial charge in [-0.1, -0.05) is 29.5 Å². The summed E-state index contributed by atoms with van der Waals surface area (Å²) in [6.45, 7) is 6.00. The van der Waals surface area contributed by atoms with Crippen molar-refractivity contribution in [3.05, 3.63) is 93.8 Å². The van der Waals surface area contributed by atoms with Gasteiger partial charge < -0.3 is 4.74 Å². The average molecular weight is 469 g/mol. The second-order valence-corrected chi connectivity index (χ2v) is 9.17. The molecule has 0 bridgehead atoms. The van der Waals surface area contributed by atoms with Gasteiger partial charge in [0.05, 0.1) is 40.0 Å². The number of nitrogens with one attached hydrogen (secondary N) is 1. The first-order valence-corrected chi connectivity index (χ1v) is 11.7. The minimum absolute atomic E-state index is 0.185. The molecule has 6 nitrogen and oxygen atoms in total. The number of aliphatic imine (C=N–C) groups is 1. The van der Waals surface area contributed by atoms with E-state index in [1.165, 1.54) is 21.6 Å². The highest BCUT2D eigenvalue weighted by Crippen LogP contribution is 2.28. The summed E-state index contributed by atoms with van der Waals surface area (Å²) in [7, 11) is 1.63. The Morgan fingerprint density at radius 2 is 1.79 bits per heavy atom. The number of ether oxygens (including phenoxy) is 1. The number of thiazole rings is 1. The van der Waals surface area contributed by atoms with Crippen molar-refractivity contribution in [2.45, 2.75) is 20.8 Å². The molecule has 170 valence electrons. The molecule has 2 aromatic heterocycles. The molecule has 0 amide bonds. The fourth-order valence-corrected chi connectivity index (χ4v) is 4.80. The number of nitrogens with zero attached hydrogens (tertiary/aromatic N) is 3. The van der Waals surface area contributed by atoms with Crippen molar-refractivity contribution in [2.75, 3.05) is 7.11 Å². The van der Waals surface area contributed by atoms with Crippen LogP contribution in [0.4, 0.5) is 5.69 Å². The number of aromatic amines is 1. The number of H-pyrrole nitrogens is 1. The molecular formula is C27H24N4O2S. The van der Waals surface area contributed by atoms with Gasteiger partial charge in [-0.2, -0.15) is 4.68 Å². The highest BCUT2D eigenvalue weighted by molar-refractivity contribution is 7.20. The summed E-state index contributed by atoms with van der Waals surface area (Å²) in [5.74, 6) is 0.749. The number of hydrogen-bond donors (Lipinski definition) is 1. The summed E-state index contributed by atoms with van der Waals surface area (Å²) in [5, 5.41) is 3.89. The molecule has 0 saturated carbocycles. The topological polar surface area (TPSA) is 72.3 Å². The van der Waals surface area contributed by atoms with Crippen molar-refractivity contribution in [1.29, 1.82) is 0 Å². The Kier molecular flexibility index (Phi) is 5.63. The van der Waals surface area contributed by atoms with Crippen molar-refractivity contribution >= 4 is 33.0 Å². The predicted molar refractivity (Wildman–Crippen MR) is 139 cm³/mol. The molecular weight excluding hydrogens is 444 g/mol. The molecule has 0 saturated heterocycles. The first kappa shape index (κ1) is 21.9. The molecule has 1 N–H and O–H groups in total. The van der Waals surface area contributed by atoms with Crippen molar-refractivity contribution < 1.29 is 4.74 Å². The van der Waals surface area contributed by atoms with Gasteiger partial charge in [-0.15, -0.1) is 0 Å². The lowest BCUT2D eigenvalue weighted by Gasteiger charge is -2.06. The van der Waals surface area contributed by atoms with Crippen LogP contribution in [0, 0.1) is 13.8 Å². The third-order valence-electron chi connectivity index (χ3n) is 5.89. The highest BCUT2D eigenvalue weighted by Gasteiger charge is 2.21. The minimum Gasteiger partial charge on any atom is -0.497 e. The zero-order valence-corrected chi connectivity index (χ0v) is 20.2. The van der Waals surface area contributed by atoms with Crippen molar-refractivity contribution in [2.24, 2.45) is 4.99 Å². The third-order valence-corrected chi connectivity index (χ3v) is 6.91. The van der Waals surface area contributed by atoms with E-state index >= 15 is 0 Å². The molecule has 0 radical (unpaired) electrons. The van der Waals surface area contributed by atoms with E-state index in [4.69, 9.17) is 9.73 Å². The van der Waals surface area contributed by atoms with E-state index < -0.39 is 0 Å². The molecule has 0 aliphatic rings. The highest BCUT2D eigenvalue weighted by atomic mass is 32.1. The number of fused-ring (bicyclic) bond motifs is 1. The van der Waals surface area contributed by atoms with Gasteiger partial charge in [-0.3, -0.25) is 14.9 Å². The molecule has 0 unspecified atom stereocenters. The van der Waals surface area contributed by atoms with Gasteiger partial charge in [0.25, 0.3) is 5.56 Å². The van der Waals surface area contributed by atoms with Crippen molar-refractivity contribution in [3.8, 4) is 22.1 Å². The van der Waals surface area contributed by atoms with Gasteiger partial charge >= 0.3 is 0 Å². The SMILES string of the molecule is COc1ccc(-c2[nH]n(-c3nc4ccccc4s3)c(=O)c2C(C)=Nc2ccc(C)c(C)c2)cc1. The number of hydrogen-bond acceptors (Lipinski definition) is 5. The lowest BCUT2D eigenvalue weighted by Crippen LogP contribution is -2.19. The second kappa shape index (κ2) is 8.76. The van der Waals surface area contributed by atoms with Crippen LogP contribution in [0.2, 0.25) is 0 Å². The maximum absolute atomic E-state index is 13.7. The molecule has 0 aliphatic heterocycles. The first-order valence-electron chi connectivity index (χ1n) is 10.9. The van der Waals surface area contributed by atoms with Crippen LogP contribution in [0.25, 0.3) is 26.6 Å². The van der Waals surface area contributed by atoms with Crippen LogP contribution in [0.1, 0.15) is 23.6 Å². The maximum Gasteiger partial charge on any atom is 0.283 e. The van der Waals surface area contributed by atoms with E-state index in [-0.39, 0.29) is 5.56 Å². The number of rotatable bonds is 5. The normalized spacial score (nSPS) is 11.8. The van der Waals surface area contributed by atoms with Crippen LogP contribution in [0.15, 0.2) is 76.5 Å². The van der Waals surface area contributed by atoms with Gasteiger partial charge in [0.2, 0.25) is 5.13 Å². The van der Waals surface area contributed by atoms with Crippen LogP contribution >= 0.6 is 11.3 Å². The van der Waals surface area contributed by atoms with Gasteiger partial charge in [0, 0.05) is 5.56 Å². The van der Waals surface area contributed by atoms with Gasteiger partial charge in [-0.05, 0) is 80.4 Å². The third kappa shape index (κ3) is 3.95. The monoisotopic (exact) mass is 468 g/mol. The van der Waals surface area contributed by atoms with Crippen molar-refractivity contribution in [3.63, 3.8) is 0 Å². The van der Waals surface area contributed by atoms with Gasteiger partial charge in [0.15, 0.2) is 0 Å². The molecule has 0 fully saturated rings. The number of methoxy groups -OCH3 is 1. The van der Waals surface area contributed by atoms with E-state index in [1.807, 2.05) is 73.7 Å².